The molecular formula is C11H14N4O3. The molecule has 18 heavy (non-hydrogen) atoms. The molecular weight excluding hydrogens is 236 g/mol. The van der Waals surface area contributed by atoms with Gasteiger partial charge in [-0.05, 0) is 18.9 Å². The molecule has 0 amide bonds. The van der Waals surface area contributed by atoms with Gasteiger partial charge in [0, 0.05) is 19.2 Å². The second-order valence-electron chi connectivity index (χ2n) is 4.70. The zero-order valence-corrected chi connectivity index (χ0v) is 9.78. The maximum Gasteiger partial charge on any atom is 0.311 e. The summed E-state index contributed by atoms with van der Waals surface area (Å²) >= 11 is 0. The van der Waals surface area contributed by atoms with Crippen LogP contribution >= 0.6 is 0 Å². The number of nitro groups is 1. The van der Waals surface area contributed by atoms with Crippen LogP contribution in [0.1, 0.15) is 12.8 Å². The van der Waals surface area contributed by atoms with Crippen molar-refractivity contribution in [2.24, 2.45) is 0 Å². The molecule has 2 aliphatic heterocycles. The third-order valence-corrected chi connectivity index (χ3v) is 3.42. The molecule has 2 N–H and O–H groups in total. The predicted octanol–water partition coefficient (Wildman–Crippen LogP) is 0.940. The van der Waals surface area contributed by atoms with Gasteiger partial charge < -0.3 is 15.4 Å². The number of ether oxygens (including phenoxy) is 1. The van der Waals surface area contributed by atoms with Crippen molar-refractivity contribution in [2.75, 3.05) is 23.7 Å². The SMILES string of the molecule is Nc1ccc([N+](=O)[O-])c(N2CC3CCC(C2)O3)n1. The molecule has 2 aliphatic rings. The molecule has 2 saturated heterocycles. The van der Waals surface area contributed by atoms with Gasteiger partial charge in [-0.2, -0.15) is 0 Å². The minimum atomic E-state index is -0.418. The van der Waals surface area contributed by atoms with Crippen molar-refractivity contribution in [3.8, 4) is 0 Å². The van der Waals surface area contributed by atoms with Gasteiger partial charge >= 0.3 is 5.69 Å². The molecule has 7 heteroatoms. The molecule has 3 heterocycles. The first-order valence-corrected chi connectivity index (χ1v) is 5.95. The first-order valence-electron chi connectivity index (χ1n) is 5.95. The number of nitrogens with zero attached hydrogens (tertiary/aromatic N) is 3. The Balaban J connectivity index is 1.95. The fourth-order valence-corrected chi connectivity index (χ4v) is 2.62. The Morgan fingerprint density at radius 2 is 2.06 bits per heavy atom. The van der Waals surface area contributed by atoms with Gasteiger partial charge in [-0.1, -0.05) is 0 Å². The van der Waals surface area contributed by atoms with Gasteiger partial charge in [0.2, 0.25) is 5.82 Å². The summed E-state index contributed by atoms with van der Waals surface area (Å²) < 4.78 is 5.71. The largest absolute Gasteiger partial charge is 0.384 e. The van der Waals surface area contributed by atoms with Crippen LogP contribution in [-0.2, 0) is 4.74 Å². The highest BCUT2D eigenvalue weighted by Gasteiger charge is 2.36. The Hall–Kier alpha value is -1.89. The summed E-state index contributed by atoms with van der Waals surface area (Å²) in [5.41, 5.74) is 5.63. The number of anilines is 2. The molecule has 7 nitrogen and oxygen atoms in total. The Bertz CT molecular complexity index is 481. The van der Waals surface area contributed by atoms with Crippen LogP contribution in [0.2, 0.25) is 0 Å². The lowest BCUT2D eigenvalue weighted by Crippen LogP contribution is -2.43. The molecule has 2 fully saturated rings. The van der Waals surface area contributed by atoms with Crippen molar-refractivity contribution in [1.82, 2.24) is 4.98 Å². The number of hydrogen-bond acceptors (Lipinski definition) is 6. The lowest BCUT2D eigenvalue weighted by molar-refractivity contribution is -0.384. The maximum absolute atomic E-state index is 11.0. The first kappa shape index (κ1) is 11.2. The van der Waals surface area contributed by atoms with Crippen LogP contribution in [0.15, 0.2) is 12.1 Å². The normalized spacial score (nSPS) is 26.3. The van der Waals surface area contributed by atoms with E-state index >= 15 is 0 Å². The van der Waals surface area contributed by atoms with Crippen molar-refractivity contribution in [3.63, 3.8) is 0 Å². The minimum absolute atomic E-state index is 0.00509. The number of morpholine rings is 1. The van der Waals surface area contributed by atoms with Crippen LogP contribution in [0.3, 0.4) is 0 Å². The molecule has 2 unspecified atom stereocenters. The van der Waals surface area contributed by atoms with E-state index in [1.807, 2.05) is 4.90 Å². The van der Waals surface area contributed by atoms with Crippen LogP contribution in [0.25, 0.3) is 0 Å². The highest BCUT2D eigenvalue weighted by atomic mass is 16.6. The quantitative estimate of drug-likeness (QED) is 0.620. The number of pyridine rings is 1. The highest BCUT2D eigenvalue weighted by molar-refractivity contribution is 5.61. The van der Waals surface area contributed by atoms with E-state index in [0.29, 0.717) is 24.7 Å². The summed E-state index contributed by atoms with van der Waals surface area (Å²) in [6.07, 6.45) is 2.34. The highest BCUT2D eigenvalue weighted by Crippen LogP contribution is 2.33. The summed E-state index contributed by atoms with van der Waals surface area (Å²) in [6.45, 7) is 1.29. The van der Waals surface area contributed by atoms with Gasteiger partial charge in [-0.3, -0.25) is 10.1 Å². The number of nitrogen functional groups attached to an aromatic ring is 1. The average molecular weight is 250 g/mol. The molecule has 0 radical (unpaired) electrons. The van der Waals surface area contributed by atoms with Crippen molar-refractivity contribution >= 4 is 17.3 Å². The number of nitrogens with two attached hydrogens (primary N) is 1. The van der Waals surface area contributed by atoms with E-state index in [4.69, 9.17) is 10.5 Å². The second-order valence-corrected chi connectivity index (χ2v) is 4.70. The molecule has 0 aliphatic carbocycles. The van der Waals surface area contributed by atoms with E-state index < -0.39 is 4.92 Å². The molecule has 3 rings (SSSR count). The average Bonchev–Trinajstić information content (AvgIpc) is 2.67. The van der Waals surface area contributed by atoms with Gasteiger partial charge in [-0.15, -0.1) is 0 Å². The number of aromatic nitrogens is 1. The summed E-state index contributed by atoms with van der Waals surface area (Å²) in [7, 11) is 0. The molecule has 96 valence electrons. The third-order valence-electron chi connectivity index (χ3n) is 3.42. The summed E-state index contributed by atoms with van der Waals surface area (Å²) in [6, 6.07) is 2.87. The molecule has 1 aromatic heterocycles. The van der Waals surface area contributed by atoms with Crippen molar-refractivity contribution < 1.29 is 9.66 Å². The first-order chi connectivity index (χ1) is 8.63. The fraction of sp³-hybridized carbons (Fsp3) is 0.545. The van der Waals surface area contributed by atoms with Gasteiger partial charge in [0.15, 0.2) is 0 Å². The Labute approximate surface area is 104 Å². The standard InChI is InChI=1S/C11H14N4O3/c12-10-4-3-9(15(16)17)11(13-10)14-5-7-1-2-8(6-14)18-7/h3-4,7-8H,1-2,5-6H2,(H2,12,13). The lowest BCUT2D eigenvalue weighted by atomic mass is 10.2. The van der Waals surface area contributed by atoms with E-state index in [9.17, 15) is 10.1 Å². The number of fused-ring (bicyclic) bond motifs is 2. The van der Waals surface area contributed by atoms with Crippen LogP contribution in [-0.4, -0.2) is 35.2 Å². The molecule has 2 bridgehead atoms. The van der Waals surface area contributed by atoms with Gasteiger partial charge in [0.05, 0.1) is 17.1 Å². The van der Waals surface area contributed by atoms with Crippen molar-refractivity contribution in [1.29, 1.82) is 0 Å². The van der Waals surface area contributed by atoms with Gasteiger partial charge in [-0.25, -0.2) is 4.98 Å². The van der Waals surface area contributed by atoms with Gasteiger partial charge in [0.1, 0.15) is 5.82 Å². The Morgan fingerprint density at radius 3 is 2.67 bits per heavy atom. The lowest BCUT2D eigenvalue weighted by Gasteiger charge is -2.32. The van der Waals surface area contributed by atoms with Crippen LogP contribution in [0.4, 0.5) is 17.3 Å². The van der Waals surface area contributed by atoms with E-state index in [2.05, 4.69) is 4.98 Å². The summed E-state index contributed by atoms with van der Waals surface area (Å²) in [4.78, 5) is 16.6. The van der Waals surface area contributed by atoms with E-state index in [1.54, 1.807) is 0 Å². The van der Waals surface area contributed by atoms with E-state index in [0.717, 1.165) is 12.8 Å². The fourth-order valence-electron chi connectivity index (χ4n) is 2.62. The maximum atomic E-state index is 11.0. The van der Waals surface area contributed by atoms with Crippen molar-refractivity contribution in [3.05, 3.63) is 22.2 Å². The summed E-state index contributed by atoms with van der Waals surface area (Å²) in [5, 5.41) is 11.0. The molecule has 0 aromatic carbocycles. The third kappa shape index (κ3) is 1.86. The molecule has 2 atom stereocenters. The Morgan fingerprint density at radius 1 is 1.39 bits per heavy atom. The number of rotatable bonds is 2. The predicted molar refractivity (Wildman–Crippen MR) is 65.4 cm³/mol. The van der Waals surface area contributed by atoms with Crippen LogP contribution < -0.4 is 10.6 Å². The second kappa shape index (κ2) is 4.09. The van der Waals surface area contributed by atoms with Crippen molar-refractivity contribution in [2.45, 2.75) is 25.0 Å². The smallest absolute Gasteiger partial charge is 0.311 e. The van der Waals surface area contributed by atoms with Crippen LogP contribution in [0, 0.1) is 10.1 Å². The van der Waals surface area contributed by atoms with E-state index in [-0.39, 0.29) is 17.9 Å². The van der Waals surface area contributed by atoms with Crippen LogP contribution in [0.5, 0.6) is 0 Å². The molecule has 1 aromatic rings. The monoisotopic (exact) mass is 250 g/mol. The Kier molecular flexibility index (Phi) is 2.55. The zero-order valence-electron chi connectivity index (χ0n) is 9.78. The molecule has 0 saturated carbocycles. The van der Waals surface area contributed by atoms with Gasteiger partial charge in [0.25, 0.3) is 0 Å². The zero-order chi connectivity index (χ0) is 12.7. The topological polar surface area (TPSA) is 94.5 Å². The minimum Gasteiger partial charge on any atom is -0.384 e. The summed E-state index contributed by atoms with van der Waals surface area (Å²) in [5.74, 6) is 0.662. The van der Waals surface area contributed by atoms with E-state index in [1.165, 1.54) is 12.1 Å². The molecule has 0 spiro atoms. The number of hydrogen-bond donors (Lipinski definition) is 1.